The minimum absolute atomic E-state index is 0.213. The van der Waals surface area contributed by atoms with Gasteiger partial charge in [0.15, 0.2) is 0 Å². The van der Waals surface area contributed by atoms with Gasteiger partial charge in [0.1, 0.15) is 6.54 Å². The fraction of sp³-hybridized carbons (Fsp3) is 0.529. The van der Waals surface area contributed by atoms with Crippen LogP contribution < -0.4 is 0 Å². The number of likely N-dealkylation sites (N-methyl/N-ethyl adjacent to an activating group) is 1. The van der Waals surface area contributed by atoms with E-state index in [-0.39, 0.29) is 5.91 Å². The monoisotopic (exact) mass is 300 g/mol. The summed E-state index contributed by atoms with van der Waals surface area (Å²) >= 11 is 0. The summed E-state index contributed by atoms with van der Waals surface area (Å²) < 4.78 is 2.09. The van der Waals surface area contributed by atoms with E-state index in [1.54, 1.807) is 6.20 Å². The average Bonchev–Trinajstić information content (AvgIpc) is 2.87. The van der Waals surface area contributed by atoms with Gasteiger partial charge in [0, 0.05) is 50.2 Å². The van der Waals surface area contributed by atoms with Gasteiger partial charge in [-0.1, -0.05) is 13.3 Å². The number of carbonyl (C=O) groups is 1. The number of amides is 1. The zero-order valence-electron chi connectivity index (χ0n) is 13.5. The lowest BCUT2D eigenvalue weighted by Crippen LogP contribution is -2.48. The Kier molecular flexibility index (Phi) is 4.43. The summed E-state index contributed by atoms with van der Waals surface area (Å²) in [6, 6.07) is 2.01. The molecule has 0 atom stereocenters. The molecule has 0 bridgehead atoms. The van der Waals surface area contributed by atoms with Crippen molar-refractivity contribution in [1.82, 2.24) is 19.4 Å². The molecule has 1 fully saturated rings. The second-order valence-corrected chi connectivity index (χ2v) is 6.11. The molecule has 2 aromatic heterocycles. The highest BCUT2D eigenvalue weighted by atomic mass is 16.2. The van der Waals surface area contributed by atoms with Crippen molar-refractivity contribution in [1.29, 1.82) is 0 Å². The number of hydrogen-bond donors (Lipinski definition) is 0. The highest BCUT2D eigenvalue weighted by Crippen LogP contribution is 2.22. The van der Waals surface area contributed by atoms with Crippen molar-refractivity contribution < 1.29 is 4.79 Å². The van der Waals surface area contributed by atoms with E-state index in [0.717, 1.165) is 44.5 Å². The summed E-state index contributed by atoms with van der Waals surface area (Å²) in [5, 5.41) is 1.18. The molecule has 118 valence electrons. The molecule has 0 aliphatic carbocycles. The molecule has 0 saturated carbocycles. The van der Waals surface area contributed by atoms with E-state index in [1.807, 2.05) is 17.2 Å². The van der Waals surface area contributed by atoms with Gasteiger partial charge in [-0.15, -0.1) is 0 Å². The van der Waals surface area contributed by atoms with Crippen molar-refractivity contribution in [3.63, 3.8) is 0 Å². The van der Waals surface area contributed by atoms with Crippen LogP contribution in [0.15, 0.2) is 24.7 Å². The Balaban J connectivity index is 1.80. The molecule has 5 nitrogen and oxygen atoms in total. The van der Waals surface area contributed by atoms with Crippen LogP contribution in [0.1, 0.15) is 18.9 Å². The number of rotatable bonds is 4. The van der Waals surface area contributed by atoms with Crippen LogP contribution >= 0.6 is 0 Å². The van der Waals surface area contributed by atoms with E-state index in [2.05, 4.69) is 34.6 Å². The fourth-order valence-corrected chi connectivity index (χ4v) is 3.11. The smallest absolute Gasteiger partial charge is 0.242 e. The largest absolute Gasteiger partial charge is 0.339 e. The Hall–Kier alpha value is -1.88. The Bertz CT molecular complexity index is 656. The lowest BCUT2D eigenvalue weighted by atomic mass is 10.1. The van der Waals surface area contributed by atoms with Crippen molar-refractivity contribution >= 4 is 16.8 Å². The SMILES string of the molecule is CCCc1cn(CC(=O)N2CCN(C)CC2)c2ccncc12. The number of fused-ring (bicyclic) bond motifs is 1. The van der Waals surface area contributed by atoms with Crippen molar-refractivity contribution in [2.24, 2.45) is 0 Å². The van der Waals surface area contributed by atoms with E-state index in [1.165, 1.54) is 10.9 Å². The van der Waals surface area contributed by atoms with Gasteiger partial charge in [-0.2, -0.15) is 0 Å². The van der Waals surface area contributed by atoms with Crippen LogP contribution in [0.2, 0.25) is 0 Å². The van der Waals surface area contributed by atoms with Crippen LogP contribution in [0.4, 0.5) is 0 Å². The topological polar surface area (TPSA) is 41.4 Å². The molecular formula is C17H24N4O. The van der Waals surface area contributed by atoms with Crippen molar-refractivity contribution in [2.75, 3.05) is 33.2 Å². The quantitative estimate of drug-likeness (QED) is 0.864. The Morgan fingerprint density at radius 2 is 2.05 bits per heavy atom. The second-order valence-electron chi connectivity index (χ2n) is 6.11. The lowest BCUT2D eigenvalue weighted by Gasteiger charge is -2.32. The van der Waals surface area contributed by atoms with Crippen LogP contribution in [-0.4, -0.2) is 58.5 Å². The van der Waals surface area contributed by atoms with Gasteiger partial charge < -0.3 is 14.4 Å². The number of aromatic nitrogens is 2. The first kappa shape index (κ1) is 15.0. The van der Waals surface area contributed by atoms with Crippen molar-refractivity contribution in [2.45, 2.75) is 26.3 Å². The van der Waals surface area contributed by atoms with Gasteiger partial charge in [0.05, 0.1) is 5.52 Å². The second kappa shape index (κ2) is 6.48. The first-order chi connectivity index (χ1) is 10.7. The van der Waals surface area contributed by atoms with Crippen LogP contribution in [0.5, 0.6) is 0 Å². The van der Waals surface area contributed by atoms with Gasteiger partial charge in [-0.3, -0.25) is 9.78 Å². The number of aryl methyl sites for hydroxylation is 1. The maximum Gasteiger partial charge on any atom is 0.242 e. The molecule has 0 radical (unpaired) electrons. The molecule has 3 heterocycles. The minimum Gasteiger partial charge on any atom is -0.339 e. The summed E-state index contributed by atoms with van der Waals surface area (Å²) in [7, 11) is 2.10. The first-order valence-corrected chi connectivity index (χ1v) is 8.07. The Labute approximate surface area is 131 Å². The molecule has 2 aromatic rings. The van der Waals surface area contributed by atoms with Crippen LogP contribution in [-0.2, 0) is 17.8 Å². The maximum absolute atomic E-state index is 12.6. The predicted molar refractivity (Wildman–Crippen MR) is 87.8 cm³/mol. The standard InChI is InChI=1S/C17H24N4O/c1-3-4-14-12-21(16-5-6-18-11-15(14)16)13-17(22)20-9-7-19(2)8-10-20/h5-6,11-12H,3-4,7-10,13H2,1-2H3. The molecule has 3 rings (SSSR count). The number of hydrogen-bond acceptors (Lipinski definition) is 3. The summed E-state index contributed by atoms with van der Waals surface area (Å²) in [6.07, 6.45) is 7.97. The molecule has 1 aliphatic rings. The van der Waals surface area contributed by atoms with E-state index >= 15 is 0 Å². The molecule has 0 spiro atoms. The summed E-state index contributed by atoms with van der Waals surface area (Å²) in [6.45, 7) is 6.19. The molecule has 0 aromatic carbocycles. The molecule has 5 heteroatoms. The molecule has 1 saturated heterocycles. The minimum atomic E-state index is 0.213. The van der Waals surface area contributed by atoms with Crippen molar-refractivity contribution in [3.8, 4) is 0 Å². The normalized spacial score (nSPS) is 16.4. The third-order valence-corrected chi connectivity index (χ3v) is 4.45. The molecule has 22 heavy (non-hydrogen) atoms. The van der Waals surface area contributed by atoms with Gasteiger partial charge in [0.25, 0.3) is 0 Å². The first-order valence-electron chi connectivity index (χ1n) is 8.07. The number of nitrogens with zero attached hydrogens (tertiary/aromatic N) is 4. The zero-order valence-corrected chi connectivity index (χ0v) is 13.5. The summed E-state index contributed by atoms with van der Waals surface area (Å²) in [4.78, 5) is 21.0. The van der Waals surface area contributed by atoms with Crippen LogP contribution in [0.25, 0.3) is 10.9 Å². The molecular weight excluding hydrogens is 276 g/mol. The molecule has 0 unspecified atom stereocenters. The number of piperazine rings is 1. The highest BCUT2D eigenvalue weighted by Gasteiger charge is 2.20. The highest BCUT2D eigenvalue weighted by molar-refractivity contribution is 5.85. The van der Waals surface area contributed by atoms with E-state index in [4.69, 9.17) is 0 Å². The van der Waals surface area contributed by atoms with E-state index in [0.29, 0.717) is 6.54 Å². The number of carbonyl (C=O) groups excluding carboxylic acids is 1. The molecule has 1 aliphatic heterocycles. The molecule has 1 amide bonds. The lowest BCUT2D eigenvalue weighted by molar-refractivity contribution is -0.133. The van der Waals surface area contributed by atoms with Gasteiger partial charge in [-0.25, -0.2) is 0 Å². The van der Waals surface area contributed by atoms with Gasteiger partial charge in [0.2, 0.25) is 5.91 Å². The summed E-state index contributed by atoms with van der Waals surface area (Å²) in [5.41, 5.74) is 2.40. The average molecular weight is 300 g/mol. The third kappa shape index (κ3) is 2.99. The van der Waals surface area contributed by atoms with Crippen LogP contribution in [0, 0.1) is 0 Å². The van der Waals surface area contributed by atoms with Crippen LogP contribution in [0.3, 0.4) is 0 Å². The Morgan fingerprint density at radius 1 is 1.27 bits per heavy atom. The van der Waals surface area contributed by atoms with Crippen molar-refractivity contribution in [3.05, 3.63) is 30.2 Å². The molecule has 0 N–H and O–H groups in total. The Morgan fingerprint density at radius 3 is 2.77 bits per heavy atom. The zero-order chi connectivity index (χ0) is 15.5. The van der Waals surface area contributed by atoms with E-state index < -0.39 is 0 Å². The van der Waals surface area contributed by atoms with Gasteiger partial charge in [-0.05, 0) is 25.1 Å². The summed E-state index contributed by atoms with van der Waals surface area (Å²) in [5.74, 6) is 0.213. The van der Waals surface area contributed by atoms with Gasteiger partial charge >= 0.3 is 0 Å². The third-order valence-electron chi connectivity index (χ3n) is 4.45. The van der Waals surface area contributed by atoms with E-state index in [9.17, 15) is 4.79 Å². The number of pyridine rings is 1. The fourth-order valence-electron chi connectivity index (χ4n) is 3.11. The maximum atomic E-state index is 12.6. The predicted octanol–water partition coefficient (Wildman–Crippen LogP) is 1.76.